The molecule has 0 saturated carbocycles. The van der Waals surface area contributed by atoms with Crippen LogP contribution in [-0.2, 0) is 19.2 Å². The molecule has 12 heteroatoms. The van der Waals surface area contributed by atoms with Crippen molar-refractivity contribution in [2.24, 2.45) is 5.41 Å². The molecule has 41 heavy (non-hydrogen) atoms. The second-order valence-electron chi connectivity index (χ2n) is 12.0. The smallest absolute Gasteiger partial charge is 0.138 e. The van der Waals surface area contributed by atoms with Crippen LogP contribution in [0.5, 0.6) is 0 Å². The minimum absolute atomic E-state index is 0.0494. The first-order valence-corrected chi connectivity index (χ1v) is 19.4. The highest BCUT2D eigenvalue weighted by molar-refractivity contribution is 8.10. The van der Waals surface area contributed by atoms with Gasteiger partial charge in [0.15, 0.2) is 0 Å². The SMILES string of the molecule is C[C@@H]1SC1C(=S)CC(=O)CC(CC(=O)CC(=S)C1S[C@H]1C)(CC(=O)CC(=S)C1S[C@@H]1C)CC(=O)CC(=S)C1S[C@@H]1C. The summed E-state index contributed by atoms with van der Waals surface area (Å²) in [6.07, 6.45) is 0.277. The largest absolute Gasteiger partial charge is 0.299 e. The van der Waals surface area contributed by atoms with Gasteiger partial charge in [-0.1, -0.05) is 76.6 Å². The first-order valence-electron chi connectivity index (χ1n) is 14.0. The molecule has 0 aromatic carbocycles. The molecule has 0 spiro atoms. The lowest BCUT2D eigenvalue weighted by Gasteiger charge is -2.32. The van der Waals surface area contributed by atoms with E-state index in [-0.39, 0.29) is 95.5 Å². The molecule has 4 aliphatic heterocycles. The molecule has 0 amide bonds. The Labute approximate surface area is 282 Å². The number of thioether (sulfide) groups is 4. The fraction of sp³-hybridized carbons (Fsp3) is 0.724. The van der Waals surface area contributed by atoms with Gasteiger partial charge >= 0.3 is 0 Å². The lowest BCUT2D eigenvalue weighted by Crippen LogP contribution is -2.35. The standard InChI is InChI=1S/C29H36O4S8/c1-13-25(38-13)21(34)5-17(30)9-29(10-18(31)6-22(35)26-14(2)39-26,11-19(32)7-23(36)27-15(3)40-27)12-20(33)8-24(37)28-16(4)41-28/h13-16,25-28H,5-12H2,1-4H3/t13-,14-,15+,16+,25?,26?,27?,28?,29?. The van der Waals surface area contributed by atoms with E-state index in [4.69, 9.17) is 48.9 Å². The van der Waals surface area contributed by atoms with E-state index in [1.54, 1.807) is 47.0 Å². The third kappa shape index (κ3) is 10.2. The van der Waals surface area contributed by atoms with E-state index in [1.165, 1.54) is 0 Å². The summed E-state index contributed by atoms with van der Waals surface area (Å²) in [6.45, 7) is 8.33. The maximum absolute atomic E-state index is 13.5. The van der Waals surface area contributed by atoms with Crippen LogP contribution in [0.4, 0.5) is 0 Å². The predicted octanol–water partition coefficient (Wildman–Crippen LogP) is 6.87. The first kappa shape index (κ1) is 34.3. The van der Waals surface area contributed by atoms with Gasteiger partial charge in [0.25, 0.3) is 0 Å². The molecular formula is C29H36O4S8. The van der Waals surface area contributed by atoms with Crippen molar-refractivity contribution in [2.75, 3.05) is 0 Å². The average molecular weight is 705 g/mol. The Bertz CT molecular complexity index is 1000. The Morgan fingerprint density at radius 2 is 0.634 bits per heavy atom. The third-order valence-electron chi connectivity index (χ3n) is 7.89. The van der Waals surface area contributed by atoms with Gasteiger partial charge in [-0.3, -0.25) is 19.2 Å². The van der Waals surface area contributed by atoms with Crippen molar-refractivity contribution in [2.45, 2.75) is 121 Å². The molecule has 8 atom stereocenters. The van der Waals surface area contributed by atoms with Crippen LogP contribution in [0.1, 0.15) is 79.1 Å². The molecule has 0 aromatic heterocycles. The lowest BCUT2D eigenvalue weighted by molar-refractivity contribution is -0.129. The fourth-order valence-corrected chi connectivity index (χ4v) is 11.1. The first-order chi connectivity index (χ1) is 19.2. The van der Waals surface area contributed by atoms with E-state index < -0.39 is 5.41 Å². The maximum Gasteiger partial charge on any atom is 0.138 e. The van der Waals surface area contributed by atoms with Crippen LogP contribution in [0.15, 0.2) is 0 Å². The number of carbonyl (C=O) groups excluding carboxylic acids is 4. The van der Waals surface area contributed by atoms with Gasteiger partial charge in [-0.25, -0.2) is 0 Å². The van der Waals surface area contributed by atoms with Gasteiger partial charge in [-0.2, -0.15) is 0 Å². The third-order valence-corrected chi connectivity index (χ3v) is 15.6. The number of hydrogen-bond acceptors (Lipinski definition) is 12. The Kier molecular flexibility index (Phi) is 11.9. The molecule has 4 heterocycles. The van der Waals surface area contributed by atoms with Crippen LogP contribution >= 0.6 is 95.9 Å². The van der Waals surface area contributed by atoms with Crippen LogP contribution in [0.3, 0.4) is 0 Å². The maximum atomic E-state index is 13.5. The molecule has 4 unspecified atom stereocenters. The van der Waals surface area contributed by atoms with Crippen molar-refractivity contribution in [3.05, 3.63) is 0 Å². The van der Waals surface area contributed by atoms with Crippen LogP contribution in [0.2, 0.25) is 0 Å². The highest BCUT2D eigenvalue weighted by Crippen LogP contribution is 2.47. The van der Waals surface area contributed by atoms with Gasteiger partial charge in [0.1, 0.15) is 23.1 Å². The predicted molar refractivity (Wildman–Crippen MR) is 193 cm³/mol. The van der Waals surface area contributed by atoms with E-state index in [1.807, 2.05) is 0 Å². The van der Waals surface area contributed by atoms with Gasteiger partial charge < -0.3 is 0 Å². The number of Topliss-reactive ketones (excluding diaryl/α,β-unsaturated/α-hetero) is 4. The van der Waals surface area contributed by atoms with Crippen LogP contribution in [0.25, 0.3) is 0 Å². The van der Waals surface area contributed by atoms with Crippen LogP contribution in [-0.4, -0.2) is 84.6 Å². The number of hydrogen-bond donors (Lipinski definition) is 0. The van der Waals surface area contributed by atoms with Crippen LogP contribution < -0.4 is 0 Å². The quantitative estimate of drug-likeness (QED) is 0.0982. The van der Waals surface area contributed by atoms with E-state index >= 15 is 0 Å². The summed E-state index contributed by atoms with van der Waals surface area (Å²) < 4.78 is 0. The van der Waals surface area contributed by atoms with Gasteiger partial charge in [0.05, 0.1) is 0 Å². The van der Waals surface area contributed by atoms with E-state index in [2.05, 4.69) is 27.7 Å². The van der Waals surface area contributed by atoms with E-state index in [0.29, 0.717) is 40.5 Å². The highest BCUT2D eigenvalue weighted by Gasteiger charge is 2.45. The molecule has 4 aliphatic rings. The van der Waals surface area contributed by atoms with Crippen molar-refractivity contribution in [1.82, 2.24) is 0 Å². The summed E-state index contributed by atoms with van der Waals surface area (Å²) in [7, 11) is 0. The monoisotopic (exact) mass is 704 g/mol. The van der Waals surface area contributed by atoms with E-state index in [0.717, 1.165) is 0 Å². The second-order valence-corrected chi connectivity index (χ2v) is 20.2. The summed E-state index contributed by atoms with van der Waals surface area (Å²) in [6, 6.07) is 0. The second kappa shape index (κ2) is 14.3. The summed E-state index contributed by atoms with van der Waals surface area (Å²) in [5.41, 5.74) is -1.13. The zero-order valence-electron chi connectivity index (χ0n) is 23.7. The number of rotatable bonds is 20. The minimum atomic E-state index is -1.13. The Morgan fingerprint density at radius 1 is 0.463 bits per heavy atom. The highest BCUT2D eigenvalue weighted by atomic mass is 32.2. The van der Waals surface area contributed by atoms with Crippen molar-refractivity contribution in [1.29, 1.82) is 0 Å². The van der Waals surface area contributed by atoms with Crippen LogP contribution in [0, 0.1) is 5.41 Å². The van der Waals surface area contributed by atoms with Crippen molar-refractivity contribution in [3.63, 3.8) is 0 Å². The van der Waals surface area contributed by atoms with Gasteiger partial charge in [-0.05, 0) is 5.41 Å². The zero-order chi connectivity index (χ0) is 30.2. The molecular weight excluding hydrogens is 669 g/mol. The van der Waals surface area contributed by atoms with Gasteiger partial charge in [0, 0.05) is 113 Å². The Balaban J connectivity index is 1.53. The lowest BCUT2D eigenvalue weighted by atomic mass is 9.69. The van der Waals surface area contributed by atoms with Crippen molar-refractivity contribution >= 4 is 139 Å². The summed E-state index contributed by atoms with van der Waals surface area (Å²) in [5, 5.41) is 2.37. The molecule has 0 bridgehead atoms. The minimum Gasteiger partial charge on any atom is -0.299 e. The van der Waals surface area contributed by atoms with E-state index in [9.17, 15) is 19.2 Å². The van der Waals surface area contributed by atoms with Crippen molar-refractivity contribution < 1.29 is 19.2 Å². The Morgan fingerprint density at radius 3 is 0.780 bits per heavy atom. The Hall–Kier alpha value is 0.440. The molecule has 224 valence electrons. The van der Waals surface area contributed by atoms with Crippen molar-refractivity contribution in [3.8, 4) is 0 Å². The molecule has 0 N–H and O–H groups in total. The molecule has 4 saturated heterocycles. The summed E-state index contributed by atoms with van der Waals surface area (Å²) >= 11 is 29.2. The number of carbonyl (C=O) groups is 4. The molecule has 0 aliphatic carbocycles. The molecule has 4 fully saturated rings. The molecule has 4 rings (SSSR count). The average Bonchev–Trinajstić information content (AvgIpc) is 3.64. The molecule has 0 radical (unpaired) electrons. The molecule has 4 nitrogen and oxygen atoms in total. The molecule has 0 aromatic rings. The summed E-state index contributed by atoms with van der Waals surface area (Å²) in [5.74, 6) is -0.500. The zero-order valence-corrected chi connectivity index (χ0v) is 30.2. The fourth-order valence-electron chi connectivity index (χ4n) is 5.57. The number of ketones is 4. The number of thiocarbonyl (C=S) groups is 4. The topological polar surface area (TPSA) is 68.3 Å². The summed E-state index contributed by atoms with van der Waals surface area (Å²) in [4.78, 5) is 56.7. The normalized spacial score (nSPS) is 32.3. The van der Waals surface area contributed by atoms with Gasteiger partial charge in [-0.15, -0.1) is 47.0 Å². The van der Waals surface area contributed by atoms with Gasteiger partial charge in [0.2, 0.25) is 0 Å².